The van der Waals surface area contributed by atoms with Crippen LogP contribution in [0.1, 0.15) is 26.2 Å². The van der Waals surface area contributed by atoms with Crippen LogP contribution in [-0.2, 0) is 4.79 Å². The van der Waals surface area contributed by atoms with Gasteiger partial charge in [0, 0.05) is 19.1 Å². The molecular formula is C12H25N3O2. The zero-order valence-corrected chi connectivity index (χ0v) is 11.1. The van der Waals surface area contributed by atoms with Crippen molar-refractivity contribution in [3.05, 3.63) is 0 Å². The Hall–Kier alpha value is -0.650. The summed E-state index contributed by atoms with van der Waals surface area (Å²) in [7, 11) is 4.19. The number of hydrogen-bond donors (Lipinski definition) is 2. The van der Waals surface area contributed by atoms with E-state index in [0.29, 0.717) is 12.5 Å². The van der Waals surface area contributed by atoms with Gasteiger partial charge in [0.15, 0.2) is 0 Å². The molecule has 1 saturated heterocycles. The lowest BCUT2D eigenvalue weighted by molar-refractivity contribution is -0.143. The van der Waals surface area contributed by atoms with Gasteiger partial charge in [-0.1, -0.05) is 0 Å². The second-order valence-corrected chi connectivity index (χ2v) is 5.51. The van der Waals surface area contributed by atoms with Crippen LogP contribution in [0.3, 0.4) is 0 Å². The molecule has 0 radical (unpaired) electrons. The summed E-state index contributed by atoms with van der Waals surface area (Å²) in [4.78, 5) is 15.5. The van der Waals surface area contributed by atoms with Crippen LogP contribution in [0.2, 0.25) is 0 Å². The summed E-state index contributed by atoms with van der Waals surface area (Å²) in [6, 6.07) is 0.526. The number of hydrogen-bond acceptors (Lipinski definition) is 4. The van der Waals surface area contributed by atoms with Gasteiger partial charge in [0.2, 0.25) is 0 Å². The van der Waals surface area contributed by atoms with E-state index in [1.165, 1.54) is 12.8 Å². The first-order valence-electron chi connectivity index (χ1n) is 6.24. The SMILES string of the molecule is CN1CCCC(N(C)CCC(C)(N)C(=O)O)C1. The van der Waals surface area contributed by atoms with Gasteiger partial charge in [-0.2, -0.15) is 0 Å². The van der Waals surface area contributed by atoms with Crippen LogP contribution in [0, 0.1) is 0 Å². The quantitative estimate of drug-likeness (QED) is 0.722. The normalized spacial score (nSPS) is 25.8. The van der Waals surface area contributed by atoms with Gasteiger partial charge in [-0.25, -0.2) is 0 Å². The maximum Gasteiger partial charge on any atom is 0.323 e. The van der Waals surface area contributed by atoms with Gasteiger partial charge in [0.1, 0.15) is 5.54 Å². The average molecular weight is 243 g/mol. The van der Waals surface area contributed by atoms with Crippen LogP contribution in [0.15, 0.2) is 0 Å². The Bertz CT molecular complexity index is 268. The van der Waals surface area contributed by atoms with Gasteiger partial charge in [-0.05, 0) is 46.8 Å². The van der Waals surface area contributed by atoms with Crippen LogP contribution in [0.5, 0.6) is 0 Å². The largest absolute Gasteiger partial charge is 0.480 e. The minimum Gasteiger partial charge on any atom is -0.480 e. The Balaban J connectivity index is 2.38. The van der Waals surface area contributed by atoms with Crippen molar-refractivity contribution < 1.29 is 9.90 Å². The van der Waals surface area contributed by atoms with Gasteiger partial charge in [-0.3, -0.25) is 4.79 Å². The van der Waals surface area contributed by atoms with Crippen LogP contribution >= 0.6 is 0 Å². The number of rotatable bonds is 5. The van der Waals surface area contributed by atoms with Crippen molar-refractivity contribution in [1.82, 2.24) is 9.80 Å². The number of carboxylic acids is 1. The average Bonchev–Trinajstić information content (AvgIpc) is 2.25. The fourth-order valence-electron chi connectivity index (χ4n) is 2.20. The maximum absolute atomic E-state index is 10.9. The molecule has 0 saturated carbocycles. The lowest BCUT2D eigenvalue weighted by atomic mass is 9.98. The van der Waals surface area contributed by atoms with Crippen molar-refractivity contribution in [3.8, 4) is 0 Å². The molecule has 0 aromatic carbocycles. The summed E-state index contributed by atoms with van der Waals surface area (Å²) in [5.41, 5.74) is 4.61. The molecule has 100 valence electrons. The van der Waals surface area contributed by atoms with Gasteiger partial charge in [0.25, 0.3) is 0 Å². The highest BCUT2D eigenvalue weighted by Gasteiger charge is 2.29. The van der Waals surface area contributed by atoms with E-state index in [1.807, 2.05) is 0 Å². The summed E-state index contributed by atoms with van der Waals surface area (Å²) < 4.78 is 0. The van der Waals surface area contributed by atoms with Crippen molar-refractivity contribution in [2.24, 2.45) is 5.73 Å². The molecule has 2 unspecified atom stereocenters. The summed E-state index contributed by atoms with van der Waals surface area (Å²) in [6.07, 6.45) is 2.89. The molecule has 0 aromatic rings. The molecule has 5 heteroatoms. The number of likely N-dealkylation sites (tertiary alicyclic amines) is 1. The molecule has 1 fully saturated rings. The molecule has 1 aliphatic heterocycles. The van der Waals surface area contributed by atoms with Crippen molar-refractivity contribution in [2.45, 2.75) is 37.8 Å². The Labute approximate surface area is 104 Å². The van der Waals surface area contributed by atoms with E-state index < -0.39 is 11.5 Å². The van der Waals surface area contributed by atoms with E-state index in [4.69, 9.17) is 10.8 Å². The van der Waals surface area contributed by atoms with Crippen molar-refractivity contribution >= 4 is 5.97 Å². The number of nitrogens with two attached hydrogens (primary N) is 1. The Morgan fingerprint density at radius 3 is 2.82 bits per heavy atom. The molecule has 0 amide bonds. The predicted octanol–water partition coefficient (Wildman–Crippen LogP) is 0.205. The molecule has 17 heavy (non-hydrogen) atoms. The summed E-state index contributed by atoms with van der Waals surface area (Å²) in [5.74, 6) is -0.924. The van der Waals surface area contributed by atoms with Crippen LogP contribution < -0.4 is 5.73 Å². The third-order valence-electron chi connectivity index (χ3n) is 3.70. The zero-order chi connectivity index (χ0) is 13.1. The first kappa shape index (κ1) is 14.4. The van der Waals surface area contributed by atoms with E-state index in [1.54, 1.807) is 6.92 Å². The Morgan fingerprint density at radius 1 is 1.65 bits per heavy atom. The molecule has 0 bridgehead atoms. The molecule has 0 aliphatic carbocycles. The Kier molecular flexibility index (Phi) is 4.91. The molecule has 3 N–H and O–H groups in total. The van der Waals surface area contributed by atoms with Gasteiger partial charge in [0.05, 0.1) is 0 Å². The number of aliphatic carboxylic acids is 1. The lowest BCUT2D eigenvalue weighted by Gasteiger charge is -2.36. The number of nitrogens with zero attached hydrogens (tertiary/aromatic N) is 2. The van der Waals surface area contributed by atoms with Crippen LogP contribution in [-0.4, -0.2) is 66.2 Å². The second kappa shape index (κ2) is 5.80. The van der Waals surface area contributed by atoms with Crippen molar-refractivity contribution in [3.63, 3.8) is 0 Å². The fraction of sp³-hybridized carbons (Fsp3) is 0.917. The monoisotopic (exact) mass is 243 g/mol. The van der Waals surface area contributed by atoms with Crippen molar-refractivity contribution in [2.75, 3.05) is 33.7 Å². The molecule has 1 heterocycles. The smallest absolute Gasteiger partial charge is 0.323 e. The highest BCUT2D eigenvalue weighted by Crippen LogP contribution is 2.15. The summed E-state index contributed by atoms with van der Waals surface area (Å²) in [5, 5.41) is 8.95. The number of carboxylic acid groups (broad SMARTS) is 1. The molecule has 0 aromatic heterocycles. The molecule has 1 aliphatic rings. The third-order valence-corrected chi connectivity index (χ3v) is 3.70. The highest BCUT2D eigenvalue weighted by atomic mass is 16.4. The van der Waals surface area contributed by atoms with Gasteiger partial charge >= 0.3 is 5.97 Å². The number of likely N-dealkylation sites (N-methyl/N-ethyl adjacent to an activating group) is 2. The number of carbonyl (C=O) groups is 1. The maximum atomic E-state index is 10.9. The standard InChI is InChI=1S/C12H25N3O2/c1-12(13,11(16)17)6-8-15(3)10-5-4-7-14(2)9-10/h10H,4-9,13H2,1-3H3,(H,16,17). The van der Waals surface area contributed by atoms with E-state index in [-0.39, 0.29) is 0 Å². The van der Waals surface area contributed by atoms with Crippen molar-refractivity contribution in [1.29, 1.82) is 0 Å². The first-order chi connectivity index (χ1) is 7.83. The first-order valence-corrected chi connectivity index (χ1v) is 6.24. The summed E-state index contributed by atoms with van der Waals surface area (Å²) in [6.45, 7) is 4.53. The van der Waals surface area contributed by atoms with Gasteiger partial charge < -0.3 is 20.6 Å². The van der Waals surface area contributed by atoms with E-state index >= 15 is 0 Å². The fourth-order valence-corrected chi connectivity index (χ4v) is 2.20. The predicted molar refractivity (Wildman–Crippen MR) is 68.0 cm³/mol. The molecule has 0 spiro atoms. The zero-order valence-electron chi connectivity index (χ0n) is 11.1. The molecular weight excluding hydrogens is 218 g/mol. The highest BCUT2D eigenvalue weighted by molar-refractivity contribution is 5.77. The third kappa shape index (κ3) is 4.26. The summed E-state index contributed by atoms with van der Waals surface area (Å²) >= 11 is 0. The minimum absolute atomic E-state index is 0.485. The Morgan fingerprint density at radius 2 is 2.29 bits per heavy atom. The van der Waals surface area contributed by atoms with Crippen LogP contribution in [0.4, 0.5) is 0 Å². The molecule has 5 nitrogen and oxygen atoms in total. The lowest BCUT2D eigenvalue weighted by Crippen LogP contribution is -2.50. The second-order valence-electron chi connectivity index (χ2n) is 5.51. The topological polar surface area (TPSA) is 69.8 Å². The van der Waals surface area contributed by atoms with Gasteiger partial charge in [-0.15, -0.1) is 0 Å². The van der Waals surface area contributed by atoms with E-state index in [0.717, 1.165) is 19.6 Å². The van der Waals surface area contributed by atoms with E-state index in [2.05, 4.69) is 23.9 Å². The number of piperidine rings is 1. The van der Waals surface area contributed by atoms with E-state index in [9.17, 15) is 4.79 Å². The van der Waals surface area contributed by atoms with Crippen LogP contribution in [0.25, 0.3) is 0 Å². The molecule has 1 rings (SSSR count). The molecule has 2 atom stereocenters. The minimum atomic E-state index is -1.12.